The van der Waals surface area contributed by atoms with E-state index in [2.05, 4.69) is 86.4 Å². The summed E-state index contributed by atoms with van der Waals surface area (Å²) in [7, 11) is 4.19. The first-order chi connectivity index (χ1) is 12.4. The molecule has 1 amide bonds. The van der Waals surface area contributed by atoms with E-state index in [1.54, 1.807) is 0 Å². The molecule has 0 aliphatic carbocycles. The fourth-order valence-electron chi connectivity index (χ4n) is 3.59. The fourth-order valence-corrected chi connectivity index (χ4v) is 3.59. The molecule has 1 atom stereocenters. The summed E-state index contributed by atoms with van der Waals surface area (Å²) in [6.07, 6.45) is 1.58. The molecule has 0 aromatic heterocycles. The van der Waals surface area contributed by atoms with Crippen molar-refractivity contribution in [2.75, 3.05) is 14.1 Å². The van der Waals surface area contributed by atoms with E-state index in [4.69, 9.17) is 0 Å². The number of hydrogen-bond acceptors (Lipinski definition) is 2. The number of aliphatic imine (C=N–C) groups is 1. The van der Waals surface area contributed by atoms with Crippen LogP contribution in [0.15, 0.2) is 65.7 Å². The molecule has 0 fully saturated rings. The van der Waals surface area contributed by atoms with E-state index in [1.165, 1.54) is 18.1 Å². The van der Waals surface area contributed by atoms with Gasteiger partial charge in [0, 0.05) is 18.7 Å². The normalized spacial score (nSPS) is 13.2. The lowest BCUT2D eigenvalue weighted by molar-refractivity contribution is -0.115. The van der Waals surface area contributed by atoms with Gasteiger partial charge in [-0.25, -0.2) is 4.99 Å². The smallest absolute Gasteiger partial charge is 0.242 e. The summed E-state index contributed by atoms with van der Waals surface area (Å²) in [5.74, 6) is -0.143. The van der Waals surface area contributed by atoms with E-state index in [9.17, 15) is 4.79 Å². The fraction of sp³-hybridized carbons (Fsp3) is 0.391. The summed E-state index contributed by atoms with van der Waals surface area (Å²) >= 11 is 0. The van der Waals surface area contributed by atoms with Gasteiger partial charge in [0.2, 0.25) is 5.91 Å². The van der Waals surface area contributed by atoms with Gasteiger partial charge in [0.15, 0.2) is 0 Å². The molecule has 2 aromatic rings. The predicted octanol–water partition coefficient (Wildman–Crippen LogP) is 5.13. The van der Waals surface area contributed by atoms with Gasteiger partial charge in [0.05, 0.1) is 5.41 Å². The molecule has 0 heterocycles. The average molecular weight is 387 g/mol. The molecule has 4 heteroatoms. The molecule has 2 rings (SSSR count). The van der Waals surface area contributed by atoms with Gasteiger partial charge in [-0.15, -0.1) is 12.4 Å². The molecule has 0 saturated carbocycles. The zero-order valence-electron chi connectivity index (χ0n) is 17.0. The third-order valence-electron chi connectivity index (χ3n) is 5.14. The number of benzene rings is 2. The van der Waals surface area contributed by atoms with Gasteiger partial charge in [0.25, 0.3) is 0 Å². The highest BCUT2D eigenvalue weighted by Crippen LogP contribution is 2.40. The van der Waals surface area contributed by atoms with Crippen LogP contribution >= 0.6 is 12.4 Å². The first-order valence-corrected chi connectivity index (χ1v) is 9.28. The largest absolute Gasteiger partial charge is 0.307 e. The van der Waals surface area contributed by atoms with Gasteiger partial charge in [0.1, 0.15) is 0 Å². The maximum absolute atomic E-state index is 11.9. The van der Waals surface area contributed by atoms with Gasteiger partial charge in [-0.1, -0.05) is 67.6 Å². The second-order valence-corrected chi connectivity index (χ2v) is 7.09. The molecule has 0 spiro atoms. The highest BCUT2D eigenvalue weighted by molar-refractivity contribution is 6.04. The zero-order chi connectivity index (χ0) is 19.2. The zero-order valence-corrected chi connectivity index (χ0v) is 17.8. The van der Waals surface area contributed by atoms with E-state index in [0.717, 1.165) is 18.6 Å². The summed E-state index contributed by atoms with van der Waals surface area (Å²) in [6.45, 7) is 5.84. The Labute approximate surface area is 169 Å². The van der Waals surface area contributed by atoms with Crippen LogP contribution in [0.25, 0.3) is 0 Å². The molecular formula is C23H31ClN2O. The van der Waals surface area contributed by atoms with Gasteiger partial charge >= 0.3 is 0 Å². The van der Waals surface area contributed by atoms with E-state index < -0.39 is 5.41 Å². The summed E-state index contributed by atoms with van der Waals surface area (Å²) < 4.78 is 0. The number of rotatable bonds is 7. The van der Waals surface area contributed by atoms with Crippen LogP contribution in [-0.4, -0.2) is 36.7 Å². The molecular weight excluding hydrogens is 356 g/mol. The van der Waals surface area contributed by atoms with Crippen molar-refractivity contribution in [3.05, 3.63) is 71.8 Å². The van der Waals surface area contributed by atoms with Crippen LogP contribution in [0.4, 0.5) is 0 Å². The predicted molar refractivity (Wildman–Crippen MR) is 117 cm³/mol. The summed E-state index contributed by atoms with van der Waals surface area (Å²) in [5, 5.41) is 0. The molecule has 0 N–H and O–H groups in total. The summed E-state index contributed by atoms with van der Waals surface area (Å²) in [6, 6.07) is 21.2. The van der Waals surface area contributed by atoms with Crippen molar-refractivity contribution in [1.29, 1.82) is 0 Å². The van der Waals surface area contributed by atoms with Gasteiger partial charge < -0.3 is 4.90 Å². The van der Waals surface area contributed by atoms with E-state index in [-0.39, 0.29) is 18.3 Å². The molecule has 2 aromatic carbocycles. The molecule has 27 heavy (non-hydrogen) atoms. The van der Waals surface area contributed by atoms with E-state index >= 15 is 0 Å². The maximum Gasteiger partial charge on any atom is 0.242 e. The van der Waals surface area contributed by atoms with Crippen LogP contribution in [0.3, 0.4) is 0 Å². The van der Waals surface area contributed by atoms with Crippen molar-refractivity contribution in [3.63, 3.8) is 0 Å². The van der Waals surface area contributed by atoms with Crippen LogP contribution in [0.1, 0.15) is 44.7 Å². The lowest BCUT2D eigenvalue weighted by atomic mass is 9.66. The quantitative estimate of drug-likeness (QED) is 0.617. The third-order valence-corrected chi connectivity index (χ3v) is 5.14. The molecule has 0 aliphatic rings. The molecule has 0 bridgehead atoms. The van der Waals surface area contributed by atoms with Crippen molar-refractivity contribution in [3.8, 4) is 0 Å². The lowest BCUT2D eigenvalue weighted by Crippen LogP contribution is -2.43. The molecule has 1 unspecified atom stereocenters. The first-order valence-electron chi connectivity index (χ1n) is 9.28. The molecule has 146 valence electrons. The molecule has 0 radical (unpaired) electrons. The number of halogens is 1. The van der Waals surface area contributed by atoms with E-state index in [1.807, 2.05) is 12.1 Å². The number of nitrogens with zero attached hydrogens (tertiary/aromatic N) is 2. The molecule has 3 nitrogen and oxygen atoms in total. The molecule has 0 aliphatic heterocycles. The first kappa shape index (κ1) is 23.1. The minimum atomic E-state index is -0.424. The SMILES string of the molecule is CCC(=NC(C)=O)C(CC(C)N(C)C)(c1ccccc1)c1ccccc1.Cl. The van der Waals surface area contributed by atoms with Crippen LogP contribution in [0.2, 0.25) is 0 Å². The Kier molecular flexibility index (Phi) is 8.87. The Balaban J connectivity index is 0.00000364. The van der Waals surface area contributed by atoms with Crippen LogP contribution < -0.4 is 0 Å². The van der Waals surface area contributed by atoms with E-state index in [0.29, 0.717) is 6.04 Å². The van der Waals surface area contributed by atoms with Crippen molar-refractivity contribution in [2.45, 2.75) is 45.1 Å². The lowest BCUT2D eigenvalue weighted by Gasteiger charge is -2.40. The Morgan fingerprint density at radius 3 is 1.78 bits per heavy atom. The maximum atomic E-state index is 11.9. The Morgan fingerprint density at radius 1 is 1.00 bits per heavy atom. The van der Waals surface area contributed by atoms with Crippen molar-refractivity contribution in [1.82, 2.24) is 4.90 Å². The topological polar surface area (TPSA) is 32.7 Å². The number of carbonyl (C=O) groups is 1. The standard InChI is InChI=1S/C23H30N2O.ClH/c1-6-22(24-19(3)26)23(17-18(2)25(4)5,20-13-9-7-10-14-20)21-15-11-8-12-16-21;/h7-16,18H,6,17H2,1-5H3;1H. The minimum Gasteiger partial charge on any atom is -0.307 e. The number of amides is 1. The minimum absolute atomic E-state index is 0. The second-order valence-electron chi connectivity index (χ2n) is 7.09. The van der Waals surface area contributed by atoms with Gasteiger partial charge in [-0.2, -0.15) is 0 Å². The Hall–Kier alpha value is -1.97. The Bertz CT molecular complexity index is 702. The van der Waals surface area contributed by atoms with Crippen molar-refractivity contribution < 1.29 is 4.79 Å². The van der Waals surface area contributed by atoms with Gasteiger partial charge in [-0.3, -0.25) is 4.79 Å². The summed E-state index contributed by atoms with van der Waals surface area (Å²) in [4.78, 5) is 18.7. The monoisotopic (exact) mass is 386 g/mol. The summed E-state index contributed by atoms with van der Waals surface area (Å²) in [5.41, 5.74) is 2.87. The average Bonchev–Trinajstić information content (AvgIpc) is 2.65. The highest BCUT2D eigenvalue weighted by Gasteiger charge is 2.40. The van der Waals surface area contributed by atoms with Gasteiger partial charge in [-0.05, 0) is 45.0 Å². The number of carbonyl (C=O) groups excluding carboxylic acids is 1. The highest BCUT2D eigenvalue weighted by atomic mass is 35.5. The van der Waals surface area contributed by atoms with Crippen LogP contribution in [0.5, 0.6) is 0 Å². The second kappa shape index (κ2) is 10.4. The van der Waals surface area contributed by atoms with Crippen LogP contribution in [0, 0.1) is 0 Å². The third kappa shape index (κ3) is 5.27. The van der Waals surface area contributed by atoms with Crippen LogP contribution in [-0.2, 0) is 10.2 Å². The molecule has 0 saturated heterocycles. The Morgan fingerprint density at radius 2 is 1.44 bits per heavy atom. The van der Waals surface area contributed by atoms with Crippen molar-refractivity contribution in [2.24, 2.45) is 4.99 Å². The van der Waals surface area contributed by atoms with Crippen molar-refractivity contribution >= 4 is 24.0 Å². The number of hydrogen-bond donors (Lipinski definition) is 0.